The number of carbonyl (C=O) groups is 1. The fourth-order valence-corrected chi connectivity index (χ4v) is 6.77. The quantitative estimate of drug-likeness (QED) is 0.353. The summed E-state index contributed by atoms with van der Waals surface area (Å²) in [6, 6.07) is 0. The van der Waals surface area contributed by atoms with Crippen molar-refractivity contribution in [2.75, 3.05) is 12.3 Å². The number of thiol groups is 1. The van der Waals surface area contributed by atoms with Crippen molar-refractivity contribution in [2.24, 2.45) is 23.2 Å². The summed E-state index contributed by atoms with van der Waals surface area (Å²) in [6.45, 7) is 5.68. The highest BCUT2D eigenvalue weighted by Crippen LogP contribution is 2.59. The molecule has 3 rings (SSSR count). The number of nitrogens with one attached hydrogen (secondary N) is 1. The number of allylic oxidation sites excluding steroid dienone is 3. The van der Waals surface area contributed by atoms with Gasteiger partial charge in [-0.1, -0.05) is 37.1 Å². The molecule has 0 aromatic rings. The summed E-state index contributed by atoms with van der Waals surface area (Å²) in [5.74, 6) is 2.37. The van der Waals surface area contributed by atoms with Crippen LogP contribution in [0.1, 0.15) is 78.1 Å². The van der Waals surface area contributed by atoms with Gasteiger partial charge in [0.1, 0.15) is 0 Å². The summed E-state index contributed by atoms with van der Waals surface area (Å²) in [7, 11) is 0. The molecule has 0 aliphatic heterocycles. The van der Waals surface area contributed by atoms with Crippen LogP contribution >= 0.6 is 12.6 Å². The molecule has 0 radical (unpaired) electrons. The smallest absolute Gasteiger partial charge is 0.229 e. The average molecular weight is 436 g/mol. The van der Waals surface area contributed by atoms with Crippen molar-refractivity contribution >= 4 is 18.5 Å². The van der Waals surface area contributed by atoms with Crippen LogP contribution in [0.4, 0.5) is 0 Å². The molecule has 3 fully saturated rings. The number of fused-ring (bicyclic) bond motifs is 1. The highest BCUT2D eigenvalue weighted by Gasteiger charge is 2.50. The summed E-state index contributed by atoms with van der Waals surface area (Å²) >= 11 is 4.01. The van der Waals surface area contributed by atoms with Gasteiger partial charge in [-0.2, -0.15) is 12.6 Å². The molecule has 0 bridgehead atoms. The molecule has 6 atom stereocenters. The predicted molar refractivity (Wildman–Crippen MR) is 125 cm³/mol. The van der Waals surface area contributed by atoms with E-state index in [1.54, 1.807) is 5.57 Å². The molecule has 5 heteroatoms. The van der Waals surface area contributed by atoms with Crippen LogP contribution < -0.4 is 5.32 Å². The maximum Gasteiger partial charge on any atom is 0.229 e. The van der Waals surface area contributed by atoms with E-state index in [2.05, 4.69) is 43.9 Å². The lowest BCUT2D eigenvalue weighted by atomic mass is 9.60. The van der Waals surface area contributed by atoms with Gasteiger partial charge < -0.3 is 15.5 Å². The summed E-state index contributed by atoms with van der Waals surface area (Å²) in [5, 5.41) is 22.9. The van der Waals surface area contributed by atoms with Crippen molar-refractivity contribution in [3.63, 3.8) is 0 Å². The summed E-state index contributed by atoms with van der Waals surface area (Å²) in [5.41, 5.74) is 3.15. The second-order valence-corrected chi connectivity index (χ2v) is 10.6. The Morgan fingerprint density at radius 1 is 1.27 bits per heavy atom. The number of carbonyl (C=O) groups excluding carboxylic acids is 1. The topological polar surface area (TPSA) is 69.6 Å². The Morgan fingerprint density at radius 2 is 2.00 bits per heavy atom. The van der Waals surface area contributed by atoms with Gasteiger partial charge in [0.15, 0.2) is 0 Å². The third kappa shape index (κ3) is 5.72. The molecule has 170 valence electrons. The molecule has 3 N–H and O–H groups in total. The minimum absolute atomic E-state index is 0.0214. The molecule has 0 heterocycles. The highest BCUT2D eigenvalue weighted by molar-refractivity contribution is 7.81. The Morgan fingerprint density at radius 3 is 2.70 bits per heavy atom. The monoisotopic (exact) mass is 435 g/mol. The number of hydrogen-bond donors (Lipinski definition) is 4. The summed E-state index contributed by atoms with van der Waals surface area (Å²) in [4.78, 5) is 11.4. The lowest BCUT2D eigenvalue weighted by molar-refractivity contribution is -0.118. The van der Waals surface area contributed by atoms with E-state index in [1.165, 1.54) is 44.1 Å². The SMILES string of the molecule is C[C@H](CCCNC(=O)CS)[C@H]1CC[C@H]2/C(=C/C=C3C[C@@H](O)C[C@H](O)C3)CCC[C@]12C. The van der Waals surface area contributed by atoms with Gasteiger partial charge in [-0.25, -0.2) is 0 Å². The Balaban J connectivity index is 1.61. The summed E-state index contributed by atoms with van der Waals surface area (Å²) < 4.78 is 0. The molecule has 0 unspecified atom stereocenters. The molecule has 0 aromatic carbocycles. The van der Waals surface area contributed by atoms with E-state index in [0.29, 0.717) is 36.5 Å². The maximum absolute atomic E-state index is 11.4. The van der Waals surface area contributed by atoms with Crippen LogP contribution in [0.5, 0.6) is 0 Å². The highest BCUT2D eigenvalue weighted by atomic mass is 32.1. The predicted octanol–water partition coefficient (Wildman–Crippen LogP) is 4.42. The zero-order valence-corrected chi connectivity index (χ0v) is 19.7. The third-order valence-electron chi connectivity index (χ3n) is 8.10. The van der Waals surface area contributed by atoms with E-state index in [1.807, 2.05) is 0 Å². The van der Waals surface area contributed by atoms with Crippen LogP contribution in [0.2, 0.25) is 0 Å². The van der Waals surface area contributed by atoms with Gasteiger partial charge in [-0.3, -0.25) is 4.79 Å². The number of aliphatic hydroxyl groups is 2. The van der Waals surface area contributed by atoms with Crippen LogP contribution in [-0.4, -0.2) is 40.6 Å². The van der Waals surface area contributed by atoms with Gasteiger partial charge in [0, 0.05) is 6.54 Å². The van der Waals surface area contributed by atoms with Gasteiger partial charge >= 0.3 is 0 Å². The van der Waals surface area contributed by atoms with Crippen molar-refractivity contribution in [3.8, 4) is 0 Å². The van der Waals surface area contributed by atoms with Crippen molar-refractivity contribution in [2.45, 2.75) is 90.3 Å². The number of amides is 1. The second kappa shape index (κ2) is 10.7. The van der Waals surface area contributed by atoms with Gasteiger partial charge in [0.05, 0.1) is 18.0 Å². The Hall–Kier alpha value is -0.780. The van der Waals surface area contributed by atoms with Gasteiger partial charge in [0.25, 0.3) is 0 Å². The minimum Gasteiger partial charge on any atom is -0.393 e. The van der Waals surface area contributed by atoms with Crippen LogP contribution in [0.15, 0.2) is 23.3 Å². The number of rotatable bonds is 7. The van der Waals surface area contributed by atoms with Gasteiger partial charge in [-0.15, -0.1) is 0 Å². The molecule has 3 saturated carbocycles. The van der Waals surface area contributed by atoms with Crippen molar-refractivity contribution in [3.05, 3.63) is 23.3 Å². The first kappa shape index (κ1) is 23.9. The fraction of sp³-hybridized carbons (Fsp3) is 0.800. The average Bonchev–Trinajstić information content (AvgIpc) is 3.06. The molecule has 1 amide bonds. The van der Waals surface area contributed by atoms with Gasteiger partial charge in [0.2, 0.25) is 5.91 Å². The second-order valence-electron chi connectivity index (χ2n) is 10.2. The van der Waals surface area contributed by atoms with Crippen LogP contribution in [0, 0.1) is 23.2 Å². The van der Waals surface area contributed by atoms with Crippen LogP contribution in [0.3, 0.4) is 0 Å². The Labute approximate surface area is 188 Å². The minimum atomic E-state index is -0.399. The maximum atomic E-state index is 11.4. The van der Waals surface area contributed by atoms with Crippen molar-refractivity contribution in [1.82, 2.24) is 5.32 Å². The lowest BCUT2D eigenvalue weighted by Crippen LogP contribution is -2.36. The molecular weight excluding hydrogens is 394 g/mol. The molecule has 3 aliphatic carbocycles. The standard InChI is InChI=1S/C25H41NO3S/c1-17(5-4-12-26-24(29)16-30)22-9-10-23-19(6-3-11-25(22,23)2)8-7-18-13-20(27)15-21(28)14-18/h7-8,17,20-23,27-28,30H,3-6,9-16H2,1-2H3,(H,26,29)/b19-8+/t17-,20-,21-,22-,23+,25-/m1/s1. The molecular formula is C25H41NO3S. The van der Waals surface area contributed by atoms with E-state index in [-0.39, 0.29) is 11.7 Å². The van der Waals surface area contributed by atoms with E-state index >= 15 is 0 Å². The molecule has 4 nitrogen and oxygen atoms in total. The molecule has 0 aromatic heterocycles. The van der Waals surface area contributed by atoms with E-state index < -0.39 is 12.2 Å². The first-order valence-electron chi connectivity index (χ1n) is 12.0. The van der Waals surface area contributed by atoms with Gasteiger partial charge in [-0.05, 0) is 87.4 Å². The number of aliphatic hydroxyl groups excluding tert-OH is 2. The van der Waals surface area contributed by atoms with Crippen LogP contribution in [-0.2, 0) is 4.79 Å². The fourth-order valence-electron chi connectivity index (χ4n) is 6.65. The lowest BCUT2D eigenvalue weighted by Gasteiger charge is -2.44. The normalized spacial score (nSPS) is 36.4. The van der Waals surface area contributed by atoms with E-state index in [0.717, 1.165) is 18.9 Å². The molecule has 0 spiro atoms. The first-order valence-corrected chi connectivity index (χ1v) is 12.6. The zero-order chi connectivity index (χ0) is 21.7. The van der Waals surface area contributed by atoms with Crippen molar-refractivity contribution < 1.29 is 15.0 Å². The first-order chi connectivity index (χ1) is 14.3. The number of hydrogen-bond acceptors (Lipinski definition) is 4. The van der Waals surface area contributed by atoms with E-state index in [9.17, 15) is 15.0 Å². The largest absolute Gasteiger partial charge is 0.393 e. The van der Waals surface area contributed by atoms with Crippen molar-refractivity contribution in [1.29, 1.82) is 0 Å². The van der Waals surface area contributed by atoms with Crippen LogP contribution in [0.25, 0.3) is 0 Å². The third-order valence-corrected chi connectivity index (χ3v) is 8.39. The summed E-state index contributed by atoms with van der Waals surface area (Å²) in [6.07, 6.45) is 14.2. The van der Waals surface area contributed by atoms with E-state index in [4.69, 9.17) is 0 Å². The molecule has 3 aliphatic rings. The Kier molecular flexibility index (Phi) is 8.51. The molecule has 30 heavy (non-hydrogen) atoms. The molecule has 0 saturated heterocycles. The zero-order valence-electron chi connectivity index (χ0n) is 18.8. The Bertz CT molecular complexity index is 649.